The average Bonchev–Trinajstić information content (AvgIpc) is 3.80. The maximum absolute atomic E-state index is 15.1. The van der Waals surface area contributed by atoms with E-state index in [1.54, 1.807) is 0 Å². The first-order valence-corrected chi connectivity index (χ1v) is 20.4. The van der Waals surface area contributed by atoms with Gasteiger partial charge in [0, 0.05) is 32.0 Å². The quantitative estimate of drug-likeness (QED) is 0.179. The molecule has 5 amide bonds. The highest BCUT2D eigenvalue weighted by Gasteiger charge is 2.54. The Balaban J connectivity index is 1.29. The molecule has 0 bridgehead atoms. The molecular weight excluding hydrogens is 729 g/mol. The smallest absolute Gasteiger partial charge is 0.272 e. The van der Waals surface area contributed by atoms with Gasteiger partial charge < -0.3 is 30.9 Å². The van der Waals surface area contributed by atoms with Gasteiger partial charge in [-0.2, -0.15) is 0 Å². The number of nitrogens with one attached hydrogen (secondary N) is 5. The number of nitrogens with zero attached hydrogens (tertiary/aromatic N) is 3. The van der Waals surface area contributed by atoms with Gasteiger partial charge in [-0.15, -0.1) is 0 Å². The van der Waals surface area contributed by atoms with Gasteiger partial charge in [-0.25, -0.2) is 4.98 Å². The Kier molecular flexibility index (Phi) is 13.3. The lowest BCUT2D eigenvalue weighted by Crippen LogP contribution is -2.62. The molecule has 4 aliphatic rings. The van der Waals surface area contributed by atoms with Gasteiger partial charge in [-0.3, -0.25) is 39.3 Å². The van der Waals surface area contributed by atoms with E-state index in [0.717, 1.165) is 50.5 Å². The molecule has 1 spiro atoms. The van der Waals surface area contributed by atoms with Crippen molar-refractivity contribution in [2.75, 3.05) is 13.7 Å². The molecule has 0 radical (unpaired) electrons. The summed E-state index contributed by atoms with van der Waals surface area (Å²) in [6, 6.07) is 6.01. The minimum absolute atomic E-state index is 0.0134. The van der Waals surface area contributed by atoms with Crippen LogP contribution in [0.25, 0.3) is 5.70 Å². The van der Waals surface area contributed by atoms with Gasteiger partial charge in [0.2, 0.25) is 17.7 Å². The number of hydroxylamine groups is 1. The summed E-state index contributed by atoms with van der Waals surface area (Å²) in [4.78, 5) is 86.5. The number of hydrogen-bond acceptors (Lipinski definition) is 10. The van der Waals surface area contributed by atoms with E-state index in [2.05, 4.69) is 36.7 Å². The molecule has 2 saturated carbocycles. The molecule has 1 aromatic heterocycles. The minimum Gasteiger partial charge on any atom is -0.369 e. The molecule has 15 nitrogen and oxygen atoms in total. The number of hydrogen-bond donors (Lipinski definition) is 5. The van der Waals surface area contributed by atoms with Crippen LogP contribution in [0.2, 0.25) is 0 Å². The Bertz CT molecular complexity index is 1780. The van der Waals surface area contributed by atoms with Crippen molar-refractivity contribution < 1.29 is 33.5 Å². The van der Waals surface area contributed by atoms with Crippen LogP contribution in [-0.2, 0) is 28.8 Å². The molecule has 15 heteroatoms. The second kappa shape index (κ2) is 18.1. The summed E-state index contributed by atoms with van der Waals surface area (Å²) in [5.74, 6) is -2.38. The molecule has 3 heterocycles. The van der Waals surface area contributed by atoms with Crippen LogP contribution >= 0.6 is 0 Å². The predicted octanol–water partition coefficient (Wildman–Crippen LogP) is 3.18. The normalized spacial score (nSPS) is 23.1. The molecule has 6 rings (SSSR count). The first-order valence-electron chi connectivity index (χ1n) is 20.4. The molecule has 3 fully saturated rings. The Morgan fingerprint density at radius 2 is 1.72 bits per heavy atom. The Morgan fingerprint density at radius 1 is 0.982 bits per heavy atom. The van der Waals surface area contributed by atoms with Crippen LogP contribution in [0.1, 0.15) is 108 Å². The number of amides is 5. The fourth-order valence-corrected chi connectivity index (χ4v) is 8.18. The van der Waals surface area contributed by atoms with Crippen LogP contribution in [0.5, 0.6) is 0 Å². The maximum atomic E-state index is 15.1. The summed E-state index contributed by atoms with van der Waals surface area (Å²) in [5.41, 5.74) is 2.81. The number of carbonyl (C=O) groups is 5. The van der Waals surface area contributed by atoms with Crippen LogP contribution in [-0.4, -0.2) is 100.0 Å². The summed E-state index contributed by atoms with van der Waals surface area (Å²) in [7, 11) is 1.45. The Hall–Kier alpha value is -4.89. The van der Waals surface area contributed by atoms with Gasteiger partial charge in [0.1, 0.15) is 29.4 Å². The van der Waals surface area contributed by atoms with Crippen molar-refractivity contribution >= 4 is 35.2 Å². The lowest BCUT2D eigenvalue weighted by Gasteiger charge is -2.38. The Morgan fingerprint density at radius 3 is 2.35 bits per heavy atom. The summed E-state index contributed by atoms with van der Waals surface area (Å²) in [5, 5.41) is 12.0. The van der Waals surface area contributed by atoms with E-state index in [9.17, 15) is 19.2 Å². The number of benzene rings is 1. The molecular formula is C42H58N8O7. The zero-order valence-electron chi connectivity index (χ0n) is 33.7. The highest BCUT2D eigenvalue weighted by atomic mass is 16.7. The van der Waals surface area contributed by atoms with E-state index in [4.69, 9.17) is 9.57 Å². The standard InChI is InChI=1S/C42H58N8O7/c1-6-13-29(34(56-5)39(54)45-28-18-19-28)46-37(52)32-23-42(22-30(49-57-42)26-14-9-7-10-15-26)25-50(32)40(55)35(41(2,3)4)48-38(53)33(27-16-11-8-12-17-27)47-36(51)31-24-43-20-21-44-31/h7,9-10,14-15,20-22,24,27-29,32-35,49H,6,8,11-13,16-19,23,25H2,1-5H3,(H,45,54)(H,46,52)(H,47,51)(H,48,53)/t29-,32-,33-,34?,35+,42+/m0/s1. The zero-order chi connectivity index (χ0) is 40.7. The number of aromatic nitrogens is 2. The van der Waals surface area contributed by atoms with Gasteiger partial charge in [0.15, 0.2) is 6.10 Å². The third-order valence-corrected chi connectivity index (χ3v) is 11.4. The number of likely N-dealkylation sites (tertiary alicyclic amines) is 1. The lowest BCUT2D eigenvalue weighted by atomic mass is 9.82. The molecule has 5 N–H and O–H groups in total. The highest BCUT2D eigenvalue weighted by Crippen LogP contribution is 2.39. The van der Waals surface area contributed by atoms with Crippen molar-refractivity contribution in [1.29, 1.82) is 0 Å². The minimum atomic E-state index is -1.09. The van der Waals surface area contributed by atoms with Gasteiger partial charge >= 0.3 is 0 Å². The van der Waals surface area contributed by atoms with Crippen LogP contribution in [0.3, 0.4) is 0 Å². The van der Waals surface area contributed by atoms with Crippen LogP contribution in [0, 0.1) is 11.3 Å². The third kappa shape index (κ3) is 10.2. The van der Waals surface area contributed by atoms with E-state index < -0.39 is 64.9 Å². The number of carbonyl (C=O) groups excluding carboxylic acids is 5. The van der Waals surface area contributed by atoms with E-state index in [0.29, 0.717) is 18.5 Å². The van der Waals surface area contributed by atoms with E-state index in [-0.39, 0.29) is 36.5 Å². The maximum Gasteiger partial charge on any atom is 0.272 e. The molecule has 1 saturated heterocycles. The Labute approximate surface area is 334 Å². The van der Waals surface area contributed by atoms with Crippen molar-refractivity contribution in [3.8, 4) is 0 Å². The number of methoxy groups -OCH3 is 1. The summed E-state index contributed by atoms with van der Waals surface area (Å²) >= 11 is 0. The zero-order valence-corrected chi connectivity index (χ0v) is 33.7. The summed E-state index contributed by atoms with van der Waals surface area (Å²) < 4.78 is 5.67. The molecule has 2 aliphatic heterocycles. The summed E-state index contributed by atoms with van der Waals surface area (Å²) in [6.45, 7) is 7.53. The second-order valence-corrected chi connectivity index (χ2v) is 17.0. The molecule has 6 atom stereocenters. The fourth-order valence-electron chi connectivity index (χ4n) is 8.18. The topological polar surface area (TPSA) is 193 Å². The summed E-state index contributed by atoms with van der Waals surface area (Å²) in [6.07, 6.45) is 12.6. The fraction of sp³-hybridized carbons (Fsp3) is 0.595. The van der Waals surface area contributed by atoms with Crippen molar-refractivity contribution in [2.24, 2.45) is 11.3 Å². The van der Waals surface area contributed by atoms with Gasteiger partial charge in [0.25, 0.3) is 11.8 Å². The van der Waals surface area contributed by atoms with E-state index in [1.165, 1.54) is 30.6 Å². The number of rotatable bonds is 15. The van der Waals surface area contributed by atoms with Crippen molar-refractivity contribution in [3.05, 3.63) is 66.3 Å². The van der Waals surface area contributed by atoms with Gasteiger partial charge in [-0.05, 0) is 55.1 Å². The number of ether oxygens (including phenoxy) is 1. The second-order valence-electron chi connectivity index (χ2n) is 17.0. The van der Waals surface area contributed by atoms with Gasteiger partial charge in [-0.1, -0.05) is 83.7 Å². The SMILES string of the molecule is CCC[C@H](NC(=O)[C@@H]1C[C@]2(C=C(c3ccccc3)NO2)CN1C(=O)[C@@H](NC(=O)[C@@H](NC(=O)c1cnccn1)C1CCCCC1)C(C)(C)C)C(OC)C(=O)NC1CC1. The van der Waals surface area contributed by atoms with Crippen LogP contribution in [0.15, 0.2) is 55.0 Å². The third-order valence-electron chi connectivity index (χ3n) is 11.4. The highest BCUT2D eigenvalue weighted by molar-refractivity contribution is 5.98. The predicted molar refractivity (Wildman–Crippen MR) is 212 cm³/mol. The van der Waals surface area contributed by atoms with Crippen molar-refractivity contribution in [2.45, 2.75) is 134 Å². The lowest BCUT2D eigenvalue weighted by molar-refractivity contribution is -0.145. The average molecular weight is 787 g/mol. The first-order chi connectivity index (χ1) is 27.3. The monoisotopic (exact) mass is 786 g/mol. The van der Waals surface area contributed by atoms with E-state index in [1.807, 2.05) is 64.1 Å². The molecule has 1 aromatic carbocycles. The van der Waals surface area contributed by atoms with Crippen LogP contribution in [0.4, 0.5) is 0 Å². The molecule has 1 unspecified atom stereocenters. The van der Waals surface area contributed by atoms with Crippen molar-refractivity contribution in [3.63, 3.8) is 0 Å². The van der Waals surface area contributed by atoms with Gasteiger partial charge in [0.05, 0.1) is 24.5 Å². The van der Waals surface area contributed by atoms with Crippen molar-refractivity contribution in [1.82, 2.24) is 41.6 Å². The first kappa shape index (κ1) is 41.7. The van der Waals surface area contributed by atoms with E-state index >= 15 is 4.79 Å². The van der Waals surface area contributed by atoms with Crippen LogP contribution < -0.4 is 26.7 Å². The molecule has 2 aromatic rings. The largest absolute Gasteiger partial charge is 0.369 e. The molecule has 57 heavy (non-hydrogen) atoms. The molecule has 308 valence electrons. The molecule has 2 aliphatic carbocycles.